The predicted octanol–water partition coefficient (Wildman–Crippen LogP) is 2.37. The van der Waals surface area contributed by atoms with Crippen molar-refractivity contribution in [2.75, 3.05) is 7.11 Å². The van der Waals surface area contributed by atoms with Gasteiger partial charge in [0.2, 0.25) is 0 Å². The Balaban J connectivity index is 2.43. The number of carboxylic acids is 1. The zero-order valence-electron chi connectivity index (χ0n) is 10.6. The second-order valence-corrected chi connectivity index (χ2v) is 4.72. The van der Waals surface area contributed by atoms with Crippen molar-refractivity contribution in [3.8, 4) is 5.75 Å². The van der Waals surface area contributed by atoms with Crippen LogP contribution in [0.25, 0.3) is 0 Å². The average Bonchev–Trinajstić information content (AvgIpc) is 2.38. The molecule has 4 nitrogen and oxygen atoms in total. The largest absolute Gasteiger partial charge is 0.496 e. The Hall–Kier alpha value is -1.91. The van der Waals surface area contributed by atoms with Crippen molar-refractivity contribution in [1.82, 2.24) is 0 Å². The van der Waals surface area contributed by atoms with Gasteiger partial charge in [-0.3, -0.25) is 9.59 Å². The molecular formula is C14H15FO4. The molecule has 2 unspecified atom stereocenters. The van der Waals surface area contributed by atoms with E-state index < -0.39 is 23.6 Å². The van der Waals surface area contributed by atoms with Gasteiger partial charge in [0.15, 0.2) is 0 Å². The van der Waals surface area contributed by atoms with Gasteiger partial charge in [-0.2, -0.15) is 0 Å². The van der Waals surface area contributed by atoms with Gasteiger partial charge in [0, 0.05) is 24.3 Å². The fourth-order valence-electron chi connectivity index (χ4n) is 2.62. The predicted molar refractivity (Wildman–Crippen MR) is 65.7 cm³/mol. The second kappa shape index (κ2) is 5.38. The minimum absolute atomic E-state index is 0.00816. The maximum atomic E-state index is 13.4. The highest BCUT2D eigenvalue weighted by Crippen LogP contribution is 2.40. The lowest BCUT2D eigenvalue weighted by molar-refractivity contribution is -0.144. The standard InChI is InChI=1S/C14H15FO4/c1-19-13-5-2-8(15)6-12(13)11-7-9(16)3-4-10(11)14(17)18/h2,5-6,10-11H,3-4,7H2,1H3,(H,17,18). The second-order valence-electron chi connectivity index (χ2n) is 4.72. The first-order valence-corrected chi connectivity index (χ1v) is 6.11. The van der Waals surface area contributed by atoms with Crippen molar-refractivity contribution in [3.05, 3.63) is 29.6 Å². The van der Waals surface area contributed by atoms with Gasteiger partial charge in [-0.1, -0.05) is 0 Å². The highest BCUT2D eigenvalue weighted by molar-refractivity contribution is 5.84. The smallest absolute Gasteiger partial charge is 0.307 e. The van der Waals surface area contributed by atoms with E-state index in [1.165, 1.54) is 25.3 Å². The van der Waals surface area contributed by atoms with Gasteiger partial charge in [-0.05, 0) is 24.6 Å². The number of methoxy groups -OCH3 is 1. The molecule has 1 aromatic rings. The monoisotopic (exact) mass is 266 g/mol. The summed E-state index contributed by atoms with van der Waals surface area (Å²) in [7, 11) is 1.44. The molecule has 0 spiro atoms. The maximum Gasteiger partial charge on any atom is 0.307 e. The summed E-state index contributed by atoms with van der Waals surface area (Å²) in [5.74, 6) is -2.18. The zero-order chi connectivity index (χ0) is 14.0. The summed E-state index contributed by atoms with van der Waals surface area (Å²) in [6.07, 6.45) is 0.681. The number of carboxylic acid groups (broad SMARTS) is 1. The third-order valence-corrected chi connectivity index (χ3v) is 3.58. The lowest BCUT2D eigenvalue weighted by atomic mass is 9.74. The Kier molecular flexibility index (Phi) is 3.83. The van der Waals surface area contributed by atoms with E-state index in [9.17, 15) is 19.1 Å². The van der Waals surface area contributed by atoms with Gasteiger partial charge in [0.1, 0.15) is 17.3 Å². The first kappa shape index (κ1) is 13.5. The van der Waals surface area contributed by atoms with Crippen LogP contribution in [0.2, 0.25) is 0 Å². The Morgan fingerprint density at radius 2 is 2.21 bits per heavy atom. The van der Waals surface area contributed by atoms with Gasteiger partial charge < -0.3 is 9.84 Å². The van der Waals surface area contributed by atoms with Crippen LogP contribution in [0.4, 0.5) is 4.39 Å². The summed E-state index contributed by atoms with van der Waals surface area (Å²) in [6, 6.07) is 3.98. The first-order valence-electron chi connectivity index (χ1n) is 6.11. The number of halogens is 1. The number of hydrogen-bond acceptors (Lipinski definition) is 3. The van der Waals surface area contributed by atoms with Crippen molar-refractivity contribution >= 4 is 11.8 Å². The summed E-state index contributed by atoms with van der Waals surface area (Å²) in [6.45, 7) is 0. The van der Waals surface area contributed by atoms with Crippen LogP contribution in [0.5, 0.6) is 5.75 Å². The molecule has 0 radical (unpaired) electrons. The van der Waals surface area contributed by atoms with Crippen molar-refractivity contribution < 1.29 is 23.8 Å². The molecule has 1 aliphatic rings. The quantitative estimate of drug-likeness (QED) is 0.912. The minimum Gasteiger partial charge on any atom is -0.496 e. The molecule has 1 N–H and O–H groups in total. The summed E-state index contributed by atoms with van der Waals surface area (Å²) in [4.78, 5) is 22.9. The molecule has 0 amide bonds. The van der Waals surface area contributed by atoms with E-state index in [0.29, 0.717) is 17.7 Å². The number of ether oxygens (including phenoxy) is 1. The summed E-state index contributed by atoms with van der Waals surface area (Å²) >= 11 is 0. The molecule has 1 saturated carbocycles. The lowest BCUT2D eigenvalue weighted by Crippen LogP contribution is -2.29. The zero-order valence-corrected chi connectivity index (χ0v) is 10.6. The maximum absolute atomic E-state index is 13.4. The van der Waals surface area contributed by atoms with Gasteiger partial charge >= 0.3 is 5.97 Å². The van der Waals surface area contributed by atoms with Crippen LogP contribution in [0.15, 0.2) is 18.2 Å². The summed E-state index contributed by atoms with van der Waals surface area (Å²) in [5.41, 5.74) is 0.461. The Morgan fingerprint density at radius 3 is 2.84 bits per heavy atom. The highest BCUT2D eigenvalue weighted by Gasteiger charge is 2.36. The average molecular weight is 266 g/mol. The van der Waals surface area contributed by atoms with Crippen molar-refractivity contribution in [2.24, 2.45) is 5.92 Å². The number of rotatable bonds is 3. The van der Waals surface area contributed by atoms with Crippen molar-refractivity contribution in [3.63, 3.8) is 0 Å². The molecule has 19 heavy (non-hydrogen) atoms. The van der Waals surface area contributed by atoms with Crippen molar-refractivity contribution in [2.45, 2.75) is 25.2 Å². The van der Waals surface area contributed by atoms with Crippen LogP contribution in [0.3, 0.4) is 0 Å². The topological polar surface area (TPSA) is 63.6 Å². The fraction of sp³-hybridized carbons (Fsp3) is 0.429. The molecule has 0 heterocycles. The number of ketones is 1. The molecule has 1 aromatic carbocycles. The molecular weight excluding hydrogens is 251 g/mol. The van der Waals surface area contributed by atoms with E-state index in [-0.39, 0.29) is 18.6 Å². The van der Waals surface area contributed by atoms with Crippen LogP contribution < -0.4 is 4.74 Å². The number of aliphatic carboxylic acids is 1. The van der Waals surface area contributed by atoms with Gasteiger partial charge in [-0.15, -0.1) is 0 Å². The summed E-state index contributed by atoms with van der Waals surface area (Å²) < 4.78 is 18.5. The van der Waals surface area contributed by atoms with Crippen LogP contribution >= 0.6 is 0 Å². The first-order chi connectivity index (χ1) is 9.02. The van der Waals surface area contributed by atoms with E-state index in [4.69, 9.17) is 4.74 Å². The number of hydrogen-bond donors (Lipinski definition) is 1. The molecule has 1 aliphatic carbocycles. The van der Waals surface area contributed by atoms with Crippen LogP contribution in [-0.2, 0) is 9.59 Å². The Labute approximate surface area is 110 Å². The molecule has 2 rings (SSSR count). The van der Waals surface area contributed by atoms with E-state index >= 15 is 0 Å². The van der Waals surface area contributed by atoms with E-state index in [1.807, 2.05) is 0 Å². The number of Topliss-reactive ketones (excluding diaryl/α,β-unsaturated/α-hetero) is 1. The van der Waals surface area contributed by atoms with Crippen LogP contribution in [-0.4, -0.2) is 24.0 Å². The van der Waals surface area contributed by atoms with Gasteiger partial charge in [-0.25, -0.2) is 4.39 Å². The van der Waals surface area contributed by atoms with Crippen LogP contribution in [0.1, 0.15) is 30.7 Å². The van der Waals surface area contributed by atoms with E-state index in [2.05, 4.69) is 0 Å². The van der Waals surface area contributed by atoms with Crippen molar-refractivity contribution in [1.29, 1.82) is 0 Å². The SMILES string of the molecule is COc1ccc(F)cc1C1CC(=O)CCC1C(=O)O. The minimum atomic E-state index is -0.955. The van der Waals surface area contributed by atoms with Crippen LogP contribution in [0, 0.1) is 11.7 Å². The van der Waals surface area contributed by atoms with E-state index in [0.717, 1.165) is 0 Å². The lowest BCUT2D eigenvalue weighted by Gasteiger charge is -2.29. The molecule has 0 saturated heterocycles. The normalized spacial score (nSPS) is 23.2. The molecule has 0 aliphatic heterocycles. The third-order valence-electron chi connectivity index (χ3n) is 3.58. The highest BCUT2D eigenvalue weighted by atomic mass is 19.1. The summed E-state index contributed by atoms with van der Waals surface area (Å²) in [5, 5.41) is 9.24. The third kappa shape index (κ3) is 2.75. The Morgan fingerprint density at radius 1 is 1.47 bits per heavy atom. The molecule has 2 atom stereocenters. The van der Waals surface area contributed by atoms with Gasteiger partial charge in [0.25, 0.3) is 0 Å². The Bertz CT molecular complexity index is 512. The number of carbonyl (C=O) groups excluding carboxylic acids is 1. The molecule has 1 fully saturated rings. The number of carbonyl (C=O) groups is 2. The fourth-order valence-corrected chi connectivity index (χ4v) is 2.62. The van der Waals surface area contributed by atoms with Gasteiger partial charge in [0.05, 0.1) is 13.0 Å². The number of benzene rings is 1. The molecule has 0 aromatic heterocycles. The molecule has 5 heteroatoms. The molecule has 102 valence electrons. The van der Waals surface area contributed by atoms with E-state index in [1.54, 1.807) is 0 Å². The molecule has 0 bridgehead atoms.